The molecule has 2 aromatic carbocycles. The zero-order valence-corrected chi connectivity index (χ0v) is 11.7. The van der Waals surface area contributed by atoms with Gasteiger partial charge in [-0.25, -0.2) is 13.8 Å². The molecule has 4 nitrogen and oxygen atoms in total. The van der Waals surface area contributed by atoms with E-state index in [4.69, 9.17) is 0 Å². The van der Waals surface area contributed by atoms with Crippen LogP contribution in [0.15, 0.2) is 60.8 Å². The van der Waals surface area contributed by atoms with Crippen molar-refractivity contribution in [2.45, 2.75) is 0 Å². The topological polar surface area (TPSA) is 56.0 Å². The SMILES string of the molecule is O=[N+]([O-])c1c(-c2ccc(F)cc2)ccnc1-c1ccc(F)cc1. The lowest BCUT2D eigenvalue weighted by Crippen LogP contribution is -1.98. The molecular formula is C17H10F2N2O2. The van der Waals surface area contributed by atoms with E-state index in [1.54, 1.807) is 0 Å². The van der Waals surface area contributed by atoms with Crippen molar-refractivity contribution in [3.8, 4) is 22.4 Å². The van der Waals surface area contributed by atoms with Gasteiger partial charge in [-0.2, -0.15) is 0 Å². The first-order valence-corrected chi connectivity index (χ1v) is 6.71. The number of benzene rings is 2. The van der Waals surface area contributed by atoms with Crippen molar-refractivity contribution in [2.75, 3.05) is 0 Å². The number of halogens is 2. The van der Waals surface area contributed by atoms with Crippen LogP contribution in [0.4, 0.5) is 14.5 Å². The average molecular weight is 312 g/mol. The second-order valence-electron chi connectivity index (χ2n) is 4.83. The van der Waals surface area contributed by atoms with Gasteiger partial charge in [0.1, 0.15) is 17.3 Å². The highest BCUT2D eigenvalue weighted by Crippen LogP contribution is 2.36. The molecule has 1 heterocycles. The lowest BCUT2D eigenvalue weighted by molar-refractivity contribution is -0.383. The van der Waals surface area contributed by atoms with Gasteiger partial charge in [-0.15, -0.1) is 0 Å². The van der Waals surface area contributed by atoms with Crippen molar-refractivity contribution < 1.29 is 13.7 Å². The Hall–Kier alpha value is -3.15. The van der Waals surface area contributed by atoms with Crippen LogP contribution in [0.1, 0.15) is 0 Å². The maximum absolute atomic E-state index is 13.1. The minimum Gasteiger partial charge on any atom is -0.258 e. The number of aromatic nitrogens is 1. The monoisotopic (exact) mass is 312 g/mol. The molecule has 23 heavy (non-hydrogen) atoms. The van der Waals surface area contributed by atoms with Gasteiger partial charge in [0.2, 0.25) is 0 Å². The highest BCUT2D eigenvalue weighted by atomic mass is 19.1. The number of pyridine rings is 1. The fraction of sp³-hybridized carbons (Fsp3) is 0. The summed E-state index contributed by atoms with van der Waals surface area (Å²) in [5.74, 6) is -0.865. The van der Waals surface area contributed by atoms with E-state index in [1.807, 2.05) is 0 Å². The summed E-state index contributed by atoms with van der Waals surface area (Å²) < 4.78 is 26.1. The van der Waals surface area contributed by atoms with Crippen molar-refractivity contribution in [2.24, 2.45) is 0 Å². The molecule has 6 heteroatoms. The van der Waals surface area contributed by atoms with Gasteiger partial charge in [0.25, 0.3) is 0 Å². The average Bonchev–Trinajstić information content (AvgIpc) is 2.55. The fourth-order valence-corrected chi connectivity index (χ4v) is 2.32. The van der Waals surface area contributed by atoms with Crippen LogP contribution in [-0.4, -0.2) is 9.91 Å². The van der Waals surface area contributed by atoms with Crippen molar-refractivity contribution in [3.63, 3.8) is 0 Å². The molecule has 114 valence electrons. The molecule has 0 saturated heterocycles. The molecule has 0 radical (unpaired) electrons. The number of nitro groups is 1. The van der Waals surface area contributed by atoms with Gasteiger partial charge < -0.3 is 0 Å². The van der Waals surface area contributed by atoms with Gasteiger partial charge in [-0.05, 0) is 48.0 Å². The molecule has 0 amide bonds. The van der Waals surface area contributed by atoms with Crippen LogP contribution in [0, 0.1) is 21.7 Å². The Morgan fingerprint density at radius 1 is 0.826 bits per heavy atom. The maximum Gasteiger partial charge on any atom is 0.303 e. The van der Waals surface area contributed by atoms with E-state index in [0.29, 0.717) is 16.7 Å². The lowest BCUT2D eigenvalue weighted by atomic mass is 10.0. The maximum atomic E-state index is 13.1. The summed E-state index contributed by atoms with van der Waals surface area (Å²) in [5, 5.41) is 11.5. The smallest absolute Gasteiger partial charge is 0.258 e. The quantitative estimate of drug-likeness (QED) is 0.524. The largest absolute Gasteiger partial charge is 0.303 e. The van der Waals surface area contributed by atoms with Crippen LogP contribution in [0.2, 0.25) is 0 Å². The van der Waals surface area contributed by atoms with Gasteiger partial charge in [0, 0.05) is 11.8 Å². The van der Waals surface area contributed by atoms with E-state index in [2.05, 4.69) is 4.98 Å². The number of nitrogens with zero attached hydrogens (tertiary/aromatic N) is 2. The zero-order chi connectivity index (χ0) is 16.4. The molecule has 0 saturated carbocycles. The lowest BCUT2D eigenvalue weighted by Gasteiger charge is -2.08. The third kappa shape index (κ3) is 2.91. The molecule has 0 aliphatic rings. The first kappa shape index (κ1) is 14.8. The van der Waals surface area contributed by atoms with E-state index < -0.39 is 16.6 Å². The fourth-order valence-electron chi connectivity index (χ4n) is 2.32. The molecule has 0 spiro atoms. The molecule has 3 rings (SSSR count). The van der Waals surface area contributed by atoms with Crippen LogP contribution < -0.4 is 0 Å². The predicted molar refractivity (Wildman–Crippen MR) is 81.7 cm³/mol. The summed E-state index contributed by atoms with van der Waals surface area (Å²) in [4.78, 5) is 15.1. The van der Waals surface area contributed by atoms with Gasteiger partial charge in [0.15, 0.2) is 0 Å². The Labute approximate surface area is 130 Å². The third-order valence-corrected chi connectivity index (χ3v) is 3.38. The van der Waals surface area contributed by atoms with Crippen molar-refractivity contribution in [1.82, 2.24) is 4.98 Å². The third-order valence-electron chi connectivity index (χ3n) is 3.38. The molecule has 0 aliphatic carbocycles. The molecule has 0 unspecified atom stereocenters. The second kappa shape index (κ2) is 5.92. The number of hydrogen-bond donors (Lipinski definition) is 0. The number of hydrogen-bond acceptors (Lipinski definition) is 3. The molecule has 0 atom stereocenters. The highest BCUT2D eigenvalue weighted by molar-refractivity contribution is 5.83. The Balaban J connectivity index is 2.22. The molecule has 0 bridgehead atoms. The van der Waals surface area contributed by atoms with Crippen LogP contribution >= 0.6 is 0 Å². The summed E-state index contributed by atoms with van der Waals surface area (Å²) in [6.07, 6.45) is 1.43. The van der Waals surface area contributed by atoms with Gasteiger partial charge >= 0.3 is 5.69 Å². The first-order chi connectivity index (χ1) is 11.1. The molecule has 1 aromatic heterocycles. The minimum atomic E-state index is -0.537. The van der Waals surface area contributed by atoms with Crippen LogP contribution in [0.5, 0.6) is 0 Å². The van der Waals surface area contributed by atoms with Crippen LogP contribution in [-0.2, 0) is 0 Å². The molecule has 0 aliphatic heterocycles. The van der Waals surface area contributed by atoms with Crippen LogP contribution in [0.25, 0.3) is 22.4 Å². The summed E-state index contributed by atoms with van der Waals surface area (Å²) in [7, 11) is 0. The minimum absolute atomic E-state index is 0.136. The van der Waals surface area contributed by atoms with E-state index >= 15 is 0 Å². The molecule has 3 aromatic rings. The van der Waals surface area contributed by atoms with Crippen molar-refractivity contribution >= 4 is 5.69 Å². The Bertz CT molecular complexity index is 799. The van der Waals surface area contributed by atoms with Crippen LogP contribution in [0.3, 0.4) is 0 Å². The normalized spacial score (nSPS) is 10.5. The van der Waals surface area contributed by atoms with Crippen molar-refractivity contribution in [3.05, 3.63) is 82.5 Å². The Kier molecular flexibility index (Phi) is 3.80. The highest BCUT2D eigenvalue weighted by Gasteiger charge is 2.23. The predicted octanol–water partition coefficient (Wildman–Crippen LogP) is 4.60. The summed E-state index contributed by atoms with van der Waals surface area (Å²) in [5.41, 5.74) is 1.19. The second-order valence-corrected chi connectivity index (χ2v) is 4.83. The molecule has 0 fully saturated rings. The Morgan fingerprint density at radius 2 is 1.35 bits per heavy atom. The van der Waals surface area contributed by atoms with E-state index in [-0.39, 0.29) is 11.4 Å². The zero-order valence-electron chi connectivity index (χ0n) is 11.7. The van der Waals surface area contributed by atoms with Crippen molar-refractivity contribution in [1.29, 1.82) is 0 Å². The van der Waals surface area contributed by atoms with Gasteiger partial charge in [0.05, 0.1) is 10.5 Å². The van der Waals surface area contributed by atoms with E-state index in [0.717, 1.165) is 0 Å². The summed E-state index contributed by atoms with van der Waals surface area (Å²) in [6.45, 7) is 0. The first-order valence-electron chi connectivity index (χ1n) is 6.71. The summed E-state index contributed by atoms with van der Waals surface area (Å²) in [6, 6.07) is 12.2. The Morgan fingerprint density at radius 3 is 1.87 bits per heavy atom. The van der Waals surface area contributed by atoms with E-state index in [1.165, 1.54) is 60.8 Å². The standard InChI is InChI=1S/C17H10F2N2O2/c18-13-5-1-11(2-6-13)15-9-10-20-16(17(15)21(22)23)12-3-7-14(19)8-4-12/h1-10H. The summed E-state index contributed by atoms with van der Waals surface area (Å²) >= 11 is 0. The number of rotatable bonds is 3. The molecular weight excluding hydrogens is 302 g/mol. The van der Waals surface area contributed by atoms with Gasteiger partial charge in [-0.1, -0.05) is 12.1 Å². The van der Waals surface area contributed by atoms with E-state index in [9.17, 15) is 18.9 Å². The van der Waals surface area contributed by atoms with Gasteiger partial charge in [-0.3, -0.25) is 10.1 Å². The molecule has 0 N–H and O–H groups in total.